The molecule has 1 aromatic carbocycles. The Hall–Kier alpha value is -2.74. The first-order valence-electron chi connectivity index (χ1n) is 10.4. The molecule has 3 aromatic rings. The molecule has 30 heavy (non-hydrogen) atoms. The molecule has 0 bridgehead atoms. The standard InChI is InChI=1S/C21H23ClN6O2/c1-13-23-18-17(19(29)24-13)25-26-28(18)16-7-11-27(12-8-16)20(30)21(9-2-10-21)14-3-5-15(22)6-4-14/h3-6,16H,2,7-12H2,1H3,(H,23,24,29). The number of nitrogens with one attached hydrogen (secondary N) is 1. The van der Waals surface area contributed by atoms with Crippen molar-refractivity contribution in [2.24, 2.45) is 0 Å². The Kier molecular flexibility index (Phi) is 4.61. The minimum absolute atomic E-state index is 0.0700. The number of rotatable bonds is 3. The van der Waals surface area contributed by atoms with Crippen LogP contribution in [0.5, 0.6) is 0 Å². The van der Waals surface area contributed by atoms with E-state index in [2.05, 4.69) is 20.3 Å². The van der Waals surface area contributed by atoms with Gasteiger partial charge in [0.2, 0.25) is 5.91 Å². The summed E-state index contributed by atoms with van der Waals surface area (Å²) in [6.45, 7) is 3.05. The van der Waals surface area contributed by atoms with Crippen molar-refractivity contribution in [1.29, 1.82) is 0 Å². The monoisotopic (exact) mass is 426 g/mol. The molecule has 1 amide bonds. The van der Waals surface area contributed by atoms with E-state index in [0.717, 1.165) is 37.7 Å². The van der Waals surface area contributed by atoms with Crippen LogP contribution >= 0.6 is 11.6 Å². The van der Waals surface area contributed by atoms with Crippen molar-refractivity contribution in [2.75, 3.05) is 13.1 Å². The van der Waals surface area contributed by atoms with Crippen molar-refractivity contribution in [3.05, 3.63) is 51.0 Å². The highest BCUT2D eigenvalue weighted by Gasteiger charge is 2.48. The SMILES string of the molecule is Cc1nc2c(nnn2C2CCN(C(=O)C3(c4ccc(Cl)cc4)CCC3)CC2)c(=O)[nH]1. The number of benzene rings is 1. The molecular weight excluding hydrogens is 404 g/mol. The topological polar surface area (TPSA) is 96.8 Å². The third kappa shape index (κ3) is 3.01. The first-order valence-corrected chi connectivity index (χ1v) is 10.7. The van der Waals surface area contributed by atoms with E-state index >= 15 is 0 Å². The highest BCUT2D eigenvalue weighted by molar-refractivity contribution is 6.30. The molecular formula is C21H23ClN6O2. The number of aryl methyl sites for hydroxylation is 1. The van der Waals surface area contributed by atoms with Gasteiger partial charge in [-0.3, -0.25) is 9.59 Å². The van der Waals surface area contributed by atoms with Gasteiger partial charge in [-0.25, -0.2) is 9.67 Å². The van der Waals surface area contributed by atoms with Gasteiger partial charge in [0, 0.05) is 18.1 Å². The Morgan fingerprint density at radius 2 is 1.90 bits per heavy atom. The van der Waals surface area contributed by atoms with E-state index in [-0.39, 0.29) is 23.0 Å². The lowest BCUT2D eigenvalue weighted by Crippen LogP contribution is -2.53. The Balaban J connectivity index is 1.34. The second kappa shape index (κ2) is 7.19. The largest absolute Gasteiger partial charge is 0.342 e. The second-order valence-corrected chi connectivity index (χ2v) is 8.76. The number of fused-ring (bicyclic) bond motifs is 1. The van der Waals surface area contributed by atoms with E-state index in [4.69, 9.17) is 11.6 Å². The predicted molar refractivity (Wildman–Crippen MR) is 113 cm³/mol. The van der Waals surface area contributed by atoms with Crippen LogP contribution in [-0.2, 0) is 10.2 Å². The van der Waals surface area contributed by atoms with Gasteiger partial charge in [-0.1, -0.05) is 35.4 Å². The molecule has 0 radical (unpaired) electrons. The lowest BCUT2D eigenvalue weighted by molar-refractivity contribution is -0.142. The average Bonchev–Trinajstić information content (AvgIpc) is 3.13. The number of likely N-dealkylation sites (tertiary alicyclic amines) is 1. The van der Waals surface area contributed by atoms with Gasteiger partial charge in [0.1, 0.15) is 5.82 Å². The number of hydrogen-bond acceptors (Lipinski definition) is 5. The van der Waals surface area contributed by atoms with Gasteiger partial charge in [-0.2, -0.15) is 0 Å². The van der Waals surface area contributed by atoms with E-state index < -0.39 is 5.41 Å². The number of aromatic amines is 1. The van der Waals surface area contributed by atoms with Crippen molar-refractivity contribution in [1.82, 2.24) is 29.9 Å². The van der Waals surface area contributed by atoms with Crippen molar-refractivity contribution in [3.8, 4) is 0 Å². The van der Waals surface area contributed by atoms with Crippen LogP contribution in [0, 0.1) is 6.92 Å². The normalized spacial score (nSPS) is 19.1. The summed E-state index contributed by atoms with van der Waals surface area (Å²) in [5.41, 5.74) is 1.15. The molecule has 5 rings (SSSR count). The number of aromatic nitrogens is 5. The molecule has 0 atom stereocenters. The lowest BCUT2D eigenvalue weighted by Gasteiger charge is -2.45. The minimum Gasteiger partial charge on any atom is -0.342 e. The summed E-state index contributed by atoms with van der Waals surface area (Å²) in [7, 11) is 0. The first kappa shape index (κ1) is 19.2. The average molecular weight is 427 g/mol. The Morgan fingerprint density at radius 3 is 2.53 bits per heavy atom. The molecule has 1 aliphatic heterocycles. The maximum absolute atomic E-state index is 13.5. The third-order valence-electron chi connectivity index (χ3n) is 6.56. The molecule has 0 spiro atoms. The summed E-state index contributed by atoms with van der Waals surface area (Å²) in [4.78, 5) is 34.6. The number of piperidine rings is 1. The fourth-order valence-corrected chi connectivity index (χ4v) is 4.86. The van der Waals surface area contributed by atoms with E-state index in [0.29, 0.717) is 29.6 Å². The lowest BCUT2D eigenvalue weighted by atomic mass is 9.63. The number of H-pyrrole nitrogens is 1. The Bertz CT molecular complexity index is 1160. The molecule has 0 unspecified atom stereocenters. The van der Waals surface area contributed by atoms with Crippen LogP contribution in [0.25, 0.3) is 11.2 Å². The quantitative estimate of drug-likeness (QED) is 0.694. The minimum atomic E-state index is -0.413. The molecule has 156 valence electrons. The molecule has 9 heteroatoms. The van der Waals surface area contributed by atoms with Crippen LogP contribution in [0.4, 0.5) is 0 Å². The van der Waals surface area contributed by atoms with E-state index in [9.17, 15) is 9.59 Å². The second-order valence-electron chi connectivity index (χ2n) is 8.32. The zero-order chi connectivity index (χ0) is 20.9. The van der Waals surface area contributed by atoms with Crippen LogP contribution in [0.3, 0.4) is 0 Å². The van der Waals surface area contributed by atoms with Gasteiger partial charge >= 0.3 is 0 Å². The number of carbonyl (C=O) groups excluding carboxylic acids is 1. The molecule has 3 heterocycles. The number of amides is 1. The third-order valence-corrected chi connectivity index (χ3v) is 6.82. The van der Waals surface area contributed by atoms with Gasteiger partial charge in [-0.15, -0.1) is 5.10 Å². The van der Waals surface area contributed by atoms with Crippen LogP contribution in [0.2, 0.25) is 5.02 Å². The molecule has 2 fully saturated rings. The Morgan fingerprint density at radius 1 is 1.20 bits per heavy atom. The van der Waals surface area contributed by atoms with Crippen molar-refractivity contribution >= 4 is 28.7 Å². The van der Waals surface area contributed by atoms with Crippen LogP contribution in [-0.4, -0.2) is 48.9 Å². The summed E-state index contributed by atoms with van der Waals surface area (Å²) in [6, 6.07) is 7.77. The Labute approximate surface area is 178 Å². The van der Waals surface area contributed by atoms with Crippen molar-refractivity contribution in [2.45, 2.75) is 50.5 Å². The van der Waals surface area contributed by atoms with E-state index in [1.54, 1.807) is 11.6 Å². The molecule has 8 nitrogen and oxygen atoms in total. The molecule has 1 saturated carbocycles. The zero-order valence-corrected chi connectivity index (χ0v) is 17.5. The van der Waals surface area contributed by atoms with Gasteiger partial charge in [0.05, 0.1) is 11.5 Å². The first-order chi connectivity index (χ1) is 14.5. The fraction of sp³-hybridized carbons (Fsp3) is 0.476. The van der Waals surface area contributed by atoms with E-state index in [1.807, 2.05) is 29.2 Å². The van der Waals surface area contributed by atoms with Crippen LogP contribution < -0.4 is 5.56 Å². The zero-order valence-electron chi connectivity index (χ0n) is 16.8. The number of carbonyl (C=O) groups is 1. The number of nitrogens with zero attached hydrogens (tertiary/aromatic N) is 5. The number of halogens is 1. The van der Waals surface area contributed by atoms with Gasteiger partial charge in [-0.05, 0) is 50.3 Å². The number of hydrogen-bond donors (Lipinski definition) is 1. The molecule has 1 saturated heterocycles. The summed E-state index contributed by atoms with van der Waals surface area (Å²) in [5, 5.41) is 8.89. The summed E-state index contributed by atoms with van der Waals surface area (Å²) >= 11 is 6.04. The predicted octanol–water partition coefficient (Wildman–Crippen LogP) is 2.76. The molecule has 2 aliphatic rings. The van der Waals surface area contributed by atoms with Gasteiger partial charge < -0.3 is 9.88 Å². The van der Waals surface area contributed by atoms with Gasteiger partial charge in [0.15, 0.2) is 11.2 Å². The molecule has 2 aromatic heterocycles. The van der Waals surface area contributed by atoms with Gasteiger partial charge in [0.25, 0.3) is 5.56 Å². The highest BCUT2D eigenvalue weighted by Crippen LogP contribution is 2.46. The van der Waals surface area contributed by atoms with Crippen molar-refractivity contribution in [3.63, 3.8) is 0 Å². The van der Waals surface area contributed by atoms with Crippen molar-refractivity contribution < 1.29 is 4.79 Å². The van der Waals surface area contributed by atoms with E-state index in [1.165, 1.54) is 0 Å². The molecule has 1 aliphatic carbocycles. The van der Waals surface area contributed by atoms with Crippen LogP contribution in [0.15, 0.2) is 29.1 Å². The maximum atomic E-state index is 13.5. The smallest absolute Gasteiger partial charge is 0.281 e. The summed E-state index contributed by atoms with van der Waals surface area (Å²) in [6.07, 6.45) is 4.35. The maximum Gasteiger partial charge on any atom is 0.281 e. The highest BCUT2D eigenvalue weighted by atomic mass is 35.5. The van der Waals surface area contributed by atoms with Crippen LogP contribution in [0.1, 0.15) is 49.5 Å². The fourth-order valence-electron chi connectivity index (χ4n) is 4.74. The summed E-state index contributed by atoms with van der Waals surface area (Å²) < 4.78 is 1.75. The summed E-state index contributed by atoms with van der Waals surface area (Å²) in [5.74, 6) is 0.752. The molecule has 1 N–H and O–H groups in total.